The maximum absolute atomic E-state index is 13.2. The number of rotatable bonds is 10. The number of thioether (sulfide) groups is 1. The van der Waals surface area contributed by atoms with Gasteiger partial charge in [-0.05, 0) is 68.7 Å². The molecule has 4 heterocycles. The third kappa shape index (κ3) is 7.88. The fourth-order valence-electron chi connectivity index (χ4n) is 7.48. The van der Waals surface area contributed by atoms with Gasteiger partial charge in [0.2, 0.25) is 11.8 Å². The molecule has 0 bridgehead atoms. The zero-order valence-corrected chi connectivity index (χ0v) is 30.0. The van der Waals surface area contributed by atoms with E-state index >= 15 is 0 Å². The summed E-state index contributed by atoms with van der Waals surface area (Å²) >= 11 is 1.85. The van der Waals surface area contributed by atoms with E-state index < -0.39 is 0 Å². The molecule has 4 aliphatic rings. The molecule has 270 valence electrons. The number of methoxy groups -OCH3 is 1. The van der Waals surface area contributed by atoms with E-state index in [1.807, 2.05) is 39.9 Å². The Kier molecular flexibility index (Phi) is 10.5. The van der Waals surface area contributed by atoms with Crippen molar-refractivity contribution in [1.82, 2.24) is 15.1 Å². The van der Waals surface area contributed by atoms with Crippen LogP contribution in [0.3, 0.4) is 0 Å². The van der Waals surface area contributed by atoms with E-state index in [-0.39, 0.29) is 41.6 Å². The Morgan fingerprint density at radius 3 is 2.63 bits per heavy atom. The minimum Gasteiger partial charge on any atom is -0.493 e. The number of carbonyl (C=O) groups is 4. The van der Waals surface area contributed by atoms with Crippen LogP contribution in [-0.4, -0.2) is 96.6 Å². The van der Waals surface area contributed by atoms with Gasteiger partial charge in [-0.3, -0.25) is 24.2 Å². The summed E-state index contributed by atoms with van der Waals surface area (Å²) in [6.07, 6.45) is 6.36. The van der Waals surface area contributed by atoms with Crippen molar-refractivity contribution < 1.29 is 33.1 Å². The van der Waals surface area contributed by atoms with Gasteiger partial charge >= 0.3 is 0 Å². The first-order valence-electron chi connectivity index (χ1n) is 18.0. The van der Waals surface area contributed by atoms with E-state index in [0.717, 1.165) is 49.2 Å². The van der Waals surface area contributed by atoms with Crippen LogP contribution in [0.15, 0.2) is 45.8 Å². The lowest BCUT2D eigenvalue weighted by atomic mass is 9.85. The number of anilines is 1. The van der Waals surface area contributed by atoms with Crippen molar-refractivity contribution in [1.29, 1.82) is 0 Å². The number of fused-ring (bicyclic) bond motifs is 3. The van der Waals surface area contributed by atoms with Gasteiger partial charge in [0.25, 0.3) is 11.8 Å². The highest BCUT2D eigenvalue weighted by Gasteiger charge is 2.36. The quantitative estimate of drug-likeness (QED) is 0.256. The van der Waals surface area contributed by atoms with Crippen LogP contribution in [0.4, 0.5) is 11.4 Å². The maximum atomic E-state index is 13.2. The van der Waals surface area contributed by atoms with E-state index in [1.165, 1.54) is 0 Å². The molecule has 1 aliphatic carbocycles. The third-order valence-corrected chi connectivity index (χ3v) is 11.2. The number of nitrogens with one attached hydrogen (secondary N) is 2. The highest BCUT2D eigenvalue weighted by molar-refractivity contribution is 7.99. The van der Waals surface area contributed by atoms with Gasteiger partial charge in [0, 0.05) is 78.9 Å². The third-order valence-electron chi connectivity index (χ3n) is 10.3. The predicted molar refractivity (Wildman–Crippen MR) is 196 cm³/mol. The summed E-state index contributed by atoms with van der Waals surface area (Å²) in [5.41, 5.74) is 2.27. The minimum absolute atomic E-state index is 0.00155. The number of nitrogens with zero attached hydrogens (tertiary/aromatic N) is 3. The SMILES string of the molecule is COc1cc2c(cc1OCCCC(=O)N[C@H]1CC[C@@H](C(=O)Nc3ccc4cc(C(=O)N5CCSCC5)oc4c3)CC1)N=C[C@@H]1CC(C)CN1C2=O. The molecular weight excluding hydrogens is 671 g/mol. The Morgan fingerprint density at radius 2 is 1.84 bits per heavy atom. The molecule has 0 radical (unpaired) electrons. The first kappa shape index (κ1) is 34.9. The zero-order valence-electron chi connectivity index (χ0n) is 29.2. The van der Waals surface area contributed by atoms with Gasteiger partial charge in [-0.1, -0.05) is 6.92 Å². The highest BCUT2D eigenvalue weighted by Crippen LogP contribution is 2.39. The first-order valence-corrected chi connectivity index (χ1v) is 19.1. The molecule has 2 atom stereocenters. The second-order valence-corrected chi connectivity index (χ2v) is 15.2. The molecule has 2 N–H and O–H groups in total. The van der Waals surface area contributed by atoms with Gasteiger partial charge in [0.05, 0.1) is 31.0 Å². The summed E-state index contributed by atoms with van der Waals surface area (Å²) in [7, 11) is 1.54. The number of amides is 4. The van der Waals surface area contributed by atoms with Crippen LogP contribution in [0.2, 0.25) is 0 Å². The van der Waals surface area contributed by atoms with E-state index in [0.29, 0.717) is 84.5 Å². The summed E-state index contributed by atoms with van der Waals surface area (Å²) < 4.78 is 17.4. The van der Waals surface area contributed by atoms with Gasteiger partial charge in [0.15, 0.2) is 17.3 Å². The van der Waals surface area contributed by atoms with Crippen LogP contribution < -0.4 is 20.1 Å². The van der Waals surface area contributed by atoms with Crippen LogP contribution in [-0.2, 0) is 9.59 Å². The summed E-state index contributed by atoms with van der Waals surface area (Å²) in [6.45, 7) is 4.59. The molecule has 1 aromatic heterocycles. The molecule has 3 aromatic rings. The normalized spacial score (nSPS) is 23.0. The van der Waals surface area contributed by atoms with Gasteiger partial charge in [-0.2, -0.15) is 11.8 Å². The number of benzene rings is 2. The predicted octanol–water partition coefficient (Wildman–Crippen LogP) is 5.67. The smallest absolute Gasteiger partial charge is 0.289 e. The van der Waals surface area contributed by atoms with Crippen LogP contribution in [0.5, 0.6) is 11.5 Å². The van der Waals surface area contributed by atoms with Gasteiger partial charge in [-0.25, -0.2) is 0 Å². The lowest BCUT2D eigenvalue weighted by Crippen LogP contribution is -2.39. The molecule has 7 rings (SSSR count). The summed E-state index contributed by atoms with van der Waals surface area (Å²) in [5, 5.41) is 6.96. The van der Waals surface area contributed by atoms with Crippen LogP contribution in [0, 0.1) is 11.8 Å². The zero-order chi connectivity index (χ0) is 35.5. The lowest BCUT2D eigenvalue weighted by Gasteiger charge is -2.28. The average molecular weight is 716 g/mol. The molecule has 12 nitrogen and oxygen atoms in total. The van der Waals surface area contributed by atoms with Gasteiger partial charge in [0.1, 0.15) is 5.58 Å². The monoisotopic (exact) mass is 715 g/mol. The molecule has 51 heavy (non-hydrogen) atoms. The number of aliphatic imine (C=N–C) groups is 1. The maximum Gasteiger partial charge on any atom is 0.289 e. The van der Waals surface area contributed by atoms with Crippen molar-refractivity contribution in [2.24, 2.45) is 16.8 Å². The molecule has 1 unspecified atom stereocenters. The van der Waals surface area contributed by atoms with Crippen molar-refractivity contribution in [2.75, 3.05) is 50.2 Å². The standard InChI is InChI=1S/C38H45N5O7S/c1-23-16-28-21-39-30-20-33(32(48-2)19-29(30)37(46)43(28)22-23)49-13-3-4-35(44)40-26-8-5-24(6-9-26)36(45)41-27-10-7-25-17-34(50-31(25)18-27)38(47)42-11-14-51-15-12-42/h7,10,17-21,23-24,26,28H,3-6,8-9,11-16,22H2,1-2H3,(H,40,44)(H,41,45)/t23?,24-,26+,28-/m0/s1. The molecule has 3 aliphatic heterocycles. The van der Waals surface area contributed by atoms with E-state index in [1.54, 1.807) is 31.4 Å². The molecule has 0 spiro atoms. The summed E-state index contributed by atoms with van der Waals surface area (Å²) in [6, 6.07) is 10.7. The van der Waals surface area contributed by atoms with Gasteiger partial charge < -0.3 is 34.3 Å². The number of carbonyl (C=O) groups excluding carboxylic acids is 4. The van der Waals surface area contributed by atoms with Crippen molar-refractivity contribution in [3.05, 3.63) is 47.7 Å². The molecular formula is C38H45N5O7S. The highest BCUT2D eigenvalue weighted by atomic mass is 32.2. The summed E-state index contributed by atoms with van der Waals surface area (Å²) in [4.78, 5) is 60.3. The van der Waals surface area contributed by atoms with E-state index in [2.05, 4.69) is 22.5 Å². The molecule has 2 saturated heterocycles. The van der Waals surface area contributed by atoms with Crippen molar-refractivity contribution in [2.45, 2.75) is 64.0 Å². The van der Waals surface area contributed by atoms with Crippen LogP contribution >= 0.6 is 11.8 Å². The Balaban J connectivity index is 0.841. The van der Waals surface area contributed by atoms with E-state index in [9.17, 15) is 19.2 Å². The fourth-order valence-corrected chi connectivity index (χ4v) is 8.38. The molecule has 3 fully saturated rings. The average Bonchev–Trinajstić information content (AvgIpc) is 3.72. The number of ether oxygens (including phenoxy) is 2. The first-order chi connectivity index (χ1) is 24.7. The minimum atomic E-state index is -0.149. The molecule has 1 saturated carbocycles. The Bertz CT molecular complexity index is 1830. The molecule has 4 amide bonds. The lowest BCUT2D eigenvalue weighted by molar-refractivity contribution is -0.122. The van der Waals surface area contributed by atoms with E-state index in [4.69, 9.17) is 13.9 Å². The van der Waals surface area contributed by atoms with Crippen molar-refractivity contribution >= 4 is 63.9 Å². The Labute approximate surface area is 301 Å². The van der Waals surface area contributed by atoms with Crippen molar-refractivity contribution in [3.63, 3.8) is 0 Å². The molecule has 13 heteroatoms. The fraction of sp³-hybridized carbons (Fsp3) is 0.500. The number of hydrogen-bond donors (Lipinski definition) is 2. The molecule has 2 aromatic carbocycles. The van der Waals surface area contributed by atoms with Crippen molar-refractivity contribution in [3.8, 4) is 11.5 Å². The van der Waals surface area contributed by atoms with Crippen LogP contribution in [0.25, 0.3) is 11.0 Å². The second kappa shape index (κ2) is 15.4. The summed E-state index contributed by atoms with van der Waals surface area (Å²) in [5.74, 6) is 3.18. The number of furan rings is 1. The Morgan fingerprint density at radius 1 is 1.04 bits per heavy atom. The topological polar surface area (TPSA) is 143 Å². The van der Waals surface area contributed by atoms with Crippen LogP contribution in [0.1, 0.15) is 72.8 Å². The largest absolute Gasteiger partial charge is 0.493 e. The van der Waals surface area contributed by atoms with Gasteiger partial charge in [-0.15, -0.1) is 0 Å². The second-order valence-electron chi connectivity index (χ2n) is 14.0. The Hall–Kier alpha value is -4.52. The number of hydrogen-bond acceptors (Lipinski definition) is 9.